The molecule has 0 atom stereocenters. The molecule has 0 amide bonds. The van der Waals surface area contributed by atoms with Crippen molar-refractivity contribution in [2.24, 2.45) is 5.16 Å². The van der Waals surface area contributed by atoms with Crippen molar-refractivity contribution >= 4 is 29.2 Å². The van der Waals surface area contributed by atoms with E-state index in [1.54, 1.807) is 0 Å². The third-order valence-corrected chi connectivity index (χ3v) is 4.18. The molecule has 0 fully saturated rings. The summed E-state index contributed by atoms with van der Waals surface area (Å²) in [6.07, 6.45) is 0. The first-order chi connectivity index (χ1) is 10.8. The molecular weight excluding hydrogens is 336 g/mol. The number of benzene rings is 1. The summed E-state index contributed by atoms with van der Waals surface area (Å²) in [6, 6.07) is 9.50. The zero-order valence-corrected chi connectivity index (χ0v) is 14.8. The van der Waals surface area contributed by atoms with E-state index in [4.69, 9.17) is 9.62 Å². The minimum atomic E-state index is 0. The fraction of sp³-hybridized carbons (Fsp3) is 0.400. The Bertz CT molecular complexity index is 603. The third kappa shape index (κ3) is 5.53. The molecule has 0 bridgehead atoms. The number of aromatic nitrogens is 2. The van der Waals surface area contributed by atoms with Gasteiger partial charge in [-0.1, -0.05) is 49.0 Å². The normalized spacial score (nSPS) is 11.5. The molecule has 0 saturated heterocycles. The monoisotopic (exact) mass is 356 g/mol. The summed E-state index contributed by atoms with van der Waals surface area (Å²) in [6.45, 7) is 7.16. The van der Waals surface area contributed by atoms with Crippen molar-refractivity contribution in [3.63, 3.8) is 0 Å². The molecule has 126 valence electrons. The van der Waals surface area contributed by atoms with E-state index in [-0.39, 0.29) is 18.3 Å². The van der Waals surface area contributed by atoms with Crippen LogP contribution in [-0.2, 0) is 0 Å². The van der Waals surface area contributed by atoms with Gasteiger partial charge in [0.1, 0.15) is 0 Å². The minimum absolute atomic E-state index is 0. The first-order valence-corrected chi connectivity index (χ1v) is 8.23. The van der Waals surface area contributed by atoms with Crippen molar-refractivity contribution in [1.29, 1.82) is 0 Å². The molecular formula is C15H21ClN4O2S. The maximum atomic E-state index is 9.16. The van der Waals surface area contributed by atoms with E-state index in [1.165, 1.54) is 11.8 Å². The number of hydrogen-bond acceptors (Lipinski definition) is 7. The Hall–Kier alpha value is -1.57. The highest BCUT2D eigenvalue weighted by Crippen LogP contribution is 2.20. The molecule has 0 aliphatic rings. The van der Waals surface area contributed by atoms with Crippen molar-refractivity contribution in [2.45, 2.75) is 13.8 Å². The van der Waals surface area contributed by atoms with Crippen molar-refractivity contribution < 1.29 is 9.62 Å². The molecule has 0 aliphatic heterocycles. The fourth-order valence-corrected chi connectivity index (χ4v) is 2.76. The average molecular weight is 357 g/mol. The highest BCUT2D eigenvalue weighted by molar-refractivity contribution is 8.14. The summed E-state index contributed by atoms with van der Waals surface area (Å²) in [4.78, 5) is 2.30. The highest BCUT2D eigenvalue weighted by atomic mass is 35.5. The maximum Gasteiger partial charge on any atom is 0.276 e. The second kappa shape index (κ2) is 10.3. The van der Waals surface area contributed by atoms with Gasteiger partial charge < -0.3 is 14.5 Å². The molecule has 0 unspecified atom stereocenters. The summed E-state index contributed by atoms with van der Waals surface area (Å²) in [7, 11) is 0. The highest BCUT2D eigenvalue weighted by Gasteiger charge is 2.15. The van der Waals surface area contributed by atoms with Gasteiger partial charge in [-0.3, -0.25) is 0 Å². The molecule has 0 radical (unpaired) electrons. The van der Waals surface area contributed by atoms with E-state index in [2.05, 4.69) is 34.1 Å². The second-order valence-corrected chi connectivity index (χ2v) is 5.64. The van der Waals surface area contributed by atoms with E-state index in [0.717, 1.165) is 31.0 Å². The van der Waals surface area contributed by atoms with Crippen LogP contribution in [0.25, 0.3) is 11.5 Å². The van der Waals surface area contributed by atoms with Gasteiger partial charge in [0.2, 0.25) is 5.89 Å². The van der Waals surface area contributed by atoms with Gasteiger partial charge in [0.15, 0.2) is 5.04 Å². The van der Waals surface area contributed by atoms with Crippen LogP contribution in [0.4, 0.5) is 0 Å². The van der Waals surface area contributed by atoms with Crippen LogP contribution < -0.4 is 0 Å². The van der Waals surface area contributed by atoms with Crippen LogP contribution in [0.1, 0.15) is 19.7 Å². The molecule has 23 heavy (non-hydrogen) atoms. The number of thioether (sulfide) groups is 1. The minimum Gasteiger partial charge on any atom is -0.414 e. The van der Waals surface area contributed by atoms with Gasteiger partial charge in [0, 0.05) is 17.9 Å². The standard InChI is InChI=1S/C15H20N4O2S.ClH/c1-3-19(4-2)10-11-22-15(18-20)14-17-16-13(21-14)12-8-6-5-7-9-12;/h5-9,20H,3-4,10-11H2,1-2H3;1H/b18-15-;. The van der Waals surface area contributed by atoms with Gasteiger partial charge in [-0.05, 0) is 25.2 Å². The number of nitrogens with zero attached hydrogens (tertiary/aromatic N) is 4. The van der Waals surface area contributed by atoms with Gasteiger partial charge in [0.25, 0.3) is 5.89 Å². The summed E-state index contributed by atoms with van der Waals surface area (Å²) < 4.78 is 5.59. The van der Waals surface area contributed by atoms with Crippen LogP contribution in [0.2, 0.25) is 0 Å². The fourth-order valence-electron chi connectivity index (χ4n) is 1.95. The molecule has 1 aromatic heterocycles. The Morgan fingerprint density at radius 2 is 1.91 bits per heavy atom. The maximum absolute atomic E-state index is 9.16. The van der Waals surface area contributed by atoms with Crippen LogP contribution in [0.5, 0.6) is 0 Å². The van der Waals surface area contributed by atoms with Crippen LogP contribution in [0.3, 0.4) is 0 Å². The van der Waals surface area contributed by atoms with Crippen molar-refractivity contribution in [1.82, 2.24) is 15.1 Å². The van der Waals surface area contributed by atoms with E-state index in [9.17, 15) is 0 Å². The molecule has 0 saturated carbocycles. The van der Waals surface area contributed by atoms with Gasteiger partial charge in [-0.15, -0.1) is 22.6 Å². The number of hydrogen-bond donors (Lipinski definition) is 1. The molecule has 6 nitrogen and oxygen atoms in total. The summed E-state index contributed by atoms with van der Waals surface area (Å²) in [5.74, 6) is 1.46. The SMILES string of the molecule is CCN(CC)CCS/C(=N\O)c1nnc(-c2ccccc2)o1.Cl. The molecule has 2 rings (SSSR count). The molecule has 0 aliphatic carbocycles. The molecule has 1 N–H and O–H groups in total. The van der Waals surface area contributed by atoms with E-state index in [0.29, 0.717) is 10.9 Å². The predicted molar refractivity (Wildman–Crippen MR) is 95.6 cm³/mol. The summed E-state index contributed by atoms with van der Waals surface area (Å²) in [5.41, 5.74) is 0.840. The Morgan fingerprint density at radius 1 is 1.22 bits per heavy atom. The Kier molecular flexibility index (Phi) is 8.68. The second-order valence-electron chi connectivity index (χ2n) is 4.56. The Labute approximate surface area is 146 Å². The van der Waals surface area contributed by atoms with Crippen molar-refractivity contribution in [2.75, 3.05) is 25.4 Å². The molecule has 1 heterocycles. The molecule has 1 aromatic carbocycles. The largest absolute Gasteiger partial charge is 0.414 e. The van der Waals surface area contributed by atoms with Gasteiger partial charge in [-0.25, -0.2) is 0 Å². The van der Waals surface area contributed by atoms with E-state index < -0.39 is 0 Å². The topological polar surface area (TPSA) is 74.8 Å². The van der Waals surface area contributed by atoms with Crippen molar-refractivity contribution in [3.05, 3.63) is 36.2 Å². The predicted octanol–water partition coefficient (Wildman–Crippen LogP) is 3.37. The van der Waals surface area contributed by atoms with E-state index >= 15 is 0 Å². The smallest absolute Gasteiger partial charge is 0.276 e. The third-order valence-electron chi connectivity index (χ3n) is 3.26. The first-order valence-electron chi connectivity index (χ1n) is 7.25. The molecule has 0 spiro atoms. The lowest BCUT2D eigenvalue weighted by Crippen LogP contribution is -2.25. The zero-order valence-electron chi connectivity index (χ0n) is 13.2. The Morgan fingerprint density at radius 3 is 2.52 bits per heavy atom. The number of oxime groups is 1. The number of rotatable bonds is 7. The van der Waals surface area contributed by atoms with Crippen LogP contribution in [-0.4, -0.2) is 50.7 Å². The quantitative estimate of drug-likeness (QED) is 0.355. The van der Waals surface area contributed by atoms with Crippen molar-refractivity contribution in [3.8, 4) is 11.5 Å². The molecule has 8 heteroatoms. The van der Waals surface area contributed by atoms with Crippen LogP contribution >= 0.6 is 24.2 Å². The van der Waals surface area contributed by atoms with Crippen LogP contribution in [0, 0.1) is 0 Å². The zero-order chi connectivity index (χ0) is 15.8. The van der Waals surface area contributed by atoms with Gasteiger partial charge in [0.05, 0.1) is 0 Å². The number of halogens is 1. The molecule has 2 aromatic rings. The lowest BCUT2D eigenvalue weighted by atomic mass is 10.2. The summed E-state index contributed by atoms with van der Waals surface area (Å²) >= 11 is 1.40. The van der Waals surface area contributed by atoms with Crippen LogP contribution in [0.15, 0.2) is 39.9 Å². The first kappa shape index (κ1) is 19.5. The van der Waals surface area contributed by atoms with Gasteiger partial charge >= 0.3 is 0 Å². The lowest BCUT2D eigenvalue weighted by molar-refractivity contribution is 0.319. The van der Waals surface area contributed by atoms with Gasteiger partial charge in [-0.2, -0.15) is 0 Å². The Balaban J connectivity index is 0.00000264. The lowest BCUT2D eigenvalue weighted by Gasteiger charge is -2.16. The van der Waals surface area contributed by atoms with E-state index in [1.807, 2.05) is 30.3 Å². The average Bonchev–Trinajstić information content (AvgIpc) is 3.06. The summed E-state index contributed by atoms with van der Waals surface area (Å²) in [5, 5.41) is 20.8.